The van der Waals surface area contributed by atoms with Crippen LogP contribution in [0.15, 0.2) is 30.3 Å². The van der Waals surface area contributed by atoms with Crippen molar-refractivity contribution in [3.05, 3.63) is 51.5 Å². The maximum absolute atomic E-state index is 5.85. The van der Waals surface area contributed by atoms with E-state index in [1.807, 2.05) is 11.3 Å². The van der Waals surface area contributed by atoms with E-state index in [-0.39, 0.29) is 5.41 Å². The first-order valence-electron chi connectivity index (χ1n) is 7.05. The third kappa shape index (κ3) is 2.01. The van der Waals surface area contributed by atoms with E-state index in [1.54, 1.807) is 0 Å². The molecule has 1 aromatic heterocycles. The molecule has 3 heteroatoms. The van der Waals surface area contributed by atoms with Crippen LogP contribution in [-0.4, -0.2) is 4.98 Å². The summed E-state index contributed by atoms with van der Waals surface area (Å²) in [6.45, 7) is 2.78. The molecule has 100 valence electrons. The summed E-state index contributed by atoms with van der Waals surface area (Å²) in [5.74, 6) is 0. The van der Waals surface area contributed by atoms with E-state index in [0.29, 0.717) is 6.54 Å². The van der Waals surface area contributed by atoms with Crippen molar-refractivity contribution in [2.75, 3.05) is 0 Å². The Labute approximate surface area is 118 Å². The lowest BCUT2D eigenvalue weighted by Gasteiger charge is -2.40. The highest BCUT2D eigenvalue weighted by molar-refractivity contribution is 7.12. The summed E-state index contributed by atoms with van der Waals surface area (Å²) >= 11 is 1.83. The number of hydrogen-bond acceptors (Lipinski definition) is 3. The van der Waals surface area contributed by atoms with Gasteiger partial charge in [-0.05, 0) is 24.8 Å². The Bertz CT molecular complexity index is 534. The van der Waals surface area contributed by atoms with E-state index in [1.165, 1.54) is 40.4 Å². The number of aromatic nitrogens is 1. The average Bonchev–Trinajstić information content (AvgIpc) is 2.82. The minimum atomic E-state index is 0.170. The Morgan fingerprint density at radius 3 is 2.47 bits per heavy atom. The summed E-state index contributed by atoms with van der Waals surface area (Å²) in [4.78, 5) is 6.17. The Hall–Kier alpha value is -1.19. The van der Waals surface area contributed by atoms with E-state index in [9.17, 15) is 0 Å². The molecule has 2 nitrogen and oxygen atoms in total. The molecular weight excluding hydrogens is 252 g/mol. The van der Waals surface area contributed by atoms with Crippen LogP contribution in [0.25, 0.3) is 0 Å². The van der Waals surface area contributed by atoms with Crippen LogP contribution in [0, 0.1) is 0 Å². The zero-order valence-electron chi connectivity index (χ0n) is 11.4. The van der Waals surface area contributed by atoms with Crippen LogP contribution in [0.5, 0.6) is 0 Å². The van der Waals surface area contributed by atoms with Crippen LogP contribution >= 0.6 is 11.3 Å². The van der Waals surface area contributed by atoms with Gasteiger partial charge in [-0.1, -0.05) is 43.7 Å². The molecule has 2 N–H and O–H groups in total. The Morgan fingerprint density at radius 1 is 1.26 bits per heavy atom. The summed E-state index contributed by atoms with van der Waals surface area (Å²) in [5, 5.41) is 1.28. The van der Waals surface area contributed by atoms with Crippen molar-refractivity contribution in [1.29, 1.82) is 0 Å². The molecule has 19 heavy (non-hydrogen) atoms. The second-order valence-corrected chi connectivity index (χ2v) is 6.33. The lowest BCUT2D eigenvalue weighted by molar-refractivity contribution is 0.300. The van der Waals surface area contributed by atoms with Crippen molar-refractivity contribution in [3.8, 4) is 0 Å². The van der Waals surface area contributed by atoms with E-state index in [0.717, 1.165) is 6.42 Å². The minimum absolute atomic E-state index is 0.170. The SMILES string of the molecule is CCc1nc(C2(c3ccccc3)CCC2)sc1CN. The first kappa shape index (κ1) is 12.8. The lowest BCUT2D eigenvalue weighted by atomic mass is 9.65. The van der Waals surface area contributed by atoms with Gasteiger partial charge in [-0.25, -0.2) is 4.98 Å². The molecule has 0 aliphatic heterocycles. The van der Waals surface area contributed by atoms with Crippen molar-refractivity contribution < 1.29 is 0 Å². The van der Waals surface area contributed by atoms with Crippen LogP contribution in [0.1, 0.15) is 47.3 Å². The highest BCUT2D eigenvalue weighted by Gasteiger charge is 2.43. The van der Waals surface area contributed by atoms with Gasteiger partial charge in [0.1, 0.15) is 5.01 Å². The van der Waals surface area contributed by atoms with Gasteiger partial charge in [-0.2, -0.15) is 0 Å². The quantitative estimate of drug-likeness (QED) is 0.923. The summed E-state index contributed by atoms with van der Waals surface area (Å²) in [5.41, 5.74) is 8.64. The number of aryl methyl sites for hydroxylation is 1. The second kappa shape index (κ2) is 5.06. The van der Waals surface area contributed by atoms with Crippen molar-refractivity contribution in [3.63, 3.8) is 0 Å². The van der Waals surface area contributed by atoms with Gasteiger partial charge in [0.05, 0.1) is 5.69 Å². The molecule has 2 aromatic rings. The van der Waals surface area contributed by atoms with Gasteiger partial charge in [-0.15, -0.1) is 11.3 Å². The largest absolute Gasteiger partial charge is 0.326 e. The molecule has 0 radical (unpaired) electrons. The summed E-state index contributed by atoms with van der Waals surface area (Å²) < 4.78 is 0. The predicted octanol–water partition coefficient (Wildman–Crippen LogP) is 3.63. The van der Waals surface area contributed by atoms with Gasteiger partial charge in [0, 0.05) is 16.8 Å². The van der Waals surface area contributed by atoms with Crippen LogP contribution in [-0.2, 0) is 18.4 Å². The first-order valence-corrected chi connectivity index (χ1v) is 7.86. The zero-order chi connectivity index (χ0) is 13.3. The standard InChI is InChI=1S/C16H20N2S/c1-2-13-14(11-17)19-15(18-13)16(9-6-10-16)12-7-4-3-5-8-12/h3-5,7-8H,2,6,9-11,17H2,1H3. The molecule has 1 aliphatic carbocycles. The summed E-state index contributed by atoms with van der Waals surface area (Å²) in [7, 11) is 0. The van der Waals surface area contributed by atoms with Crippen LogP contribution < -0.4 is 5.73 Å². The third-order valence-electron chi connectivity index (χ3n) is 4.24. The maximum Gasteiger partial charge on any atom is 0.104 e. The topological polar surface area (TPSA) is 38.9 Å². The van der Waals surface area contributed by atoms with Gasteiger partial charge in [0.15, 0.2) is 0 Å². The Morgan fingerprint density at radius 2 is 2.00 bits per heavy atom. The number of nitrogens with zero attached hydrogens (tertiary/aromatic N) is 1. The first-order chi connectivity index (χ1) is 9.30. The number of rotatable bonds is 4. The Kier molecular flexibility index (Phi) is 3.42. The minimum Gasteiger partial charge on any atom is -0.326 e. The van der Waals surface area contributed by atoms with Crippen molar-refractivity contribution >= 4 is 11.3 Å². The molecule has 1 aliphatic rings. The van der Waals surface area contributed by atoms with E-state index in [4.69, 9.17) is 10.7 Å². The summed E-state index contributed by atoms with van der Waals surface area (Å²) in [6.07, 6.45) is 4.72. The fraction of sp³-hybridized carbons (Fsp3) is 0.438. The molecular formula is C16H20N2S. The van der Waals surface area contributed by atoms with Gasteiger partial charge >= 0.3 is 0 Å². The van der Waals surface area contributed by atoms with Gasteiger partial charge < -0.3 is 5.73 Å². The molecule has 1 saturated carbocycles. The number of hydrogen-bond donors (Lipinski definition) is 1. The van der Waals surface area contributed by atoms with Gasteiger partial charge in [-0.3, -0.25) is 0 Å². The van der Waals surface area contributed by atoms with Crippen LogP contribution in [0.3, 0.4) is 0 Å². The molecule has 0 amide bonds. The fourth-order valence-corrected chi connectivity index (χ4v) is 4.23. The summed E-state index contributed by atoms with van der Waals surface area (Å²) in [6, 6.07) is 10.8. The normalized spacial score (nSPS) is 17.2. The van der Waals surface area contributed by atoms with Crippen molar-refractivity contribution in [2.45, 2.75) is 44.6 Å². The third-order valence-corrected chi connectivity index (χ3v) is 5.57. The monoisotopic (exact) mass is 272 g/mol. The van der Waals surface area contributed by atoms with Gasteiger partial charge in [0.25, 0.3) is 0 Å². The molecule has 1 fully saturated rings. The molecule has 1 heterocycles. The molecule has 0 saturated heterocycles. The Balaban J connectivity index is 2.05. The fourth-order valence-electron chi connectivity index (χ4n) is 2.94. The van der Waals surface area contributed by atoms with E-state index in [2.05, 4.69) is 37.3 Å². The molecule has 3 rings (SSSR count). The molecule has 0 atom stereocenters. The maximum atomic E-state index is 5.85. The molecule has 0 spiro atoms. The van der Waals surface area contributed by atoms with E-state index >= 15 is 0 Å². The second-order valence-electron chi connectivity index (χ2n) is 5.25. The van der Waals surface area contributed by atoms with E-state index < -0.39 is 0 Å². The van der Waals surface area contributed by atoms with Crippen molar-refractivity contribution in [2.24, 2.45) is 5.73 Å². The molecule has 0 unspecified atom stereocenters. The molecule has 0 bridgehead atoms. The highest BCUT2D eigenvalue weighted by Crippen LogP contribution is 2.50. The number of benzene rings is 1. The molecule has 1 aromatic carbocycles. The predicted molar refractivity (Wildman–Crippen MR) is 80.5 cm³/mol. The van der Waals surface area contributed by atoms with Crippen molar-refractivity contribution in [1.82, 2.24) is 4.98 Å². The van der Waals surface area contributed by atoms with Crippen LogP contribution in [0.2, 0.25) is 0 Å². The lowest BCUT2D eigenvalue weighted by Crippen LogP contribution is -2.35. The van der Waals surface area contributed by atoms with Crippen LogP contribution in [0.4, 0.5) is 0 Å². The number of thiazole rings is 1. The highest BCUT2D eigenvalue weighted by atomic mass is 32.1. The average molecular weight is 272 g/mol. The van der Waals surface area contributed by atoms with Gasteiger partial charge in [0.2, 0.25) is 0 Å². The smallest absolute Gasteiger partial charge is 0.104 e. The number of nitrogens with two attached hydrogens (primary N) is 1. The zero-order valence-corrected chi connectivity index (χ0v) is 12.2.